The van der Waals surface area contributed by atoms with Crippen molar-refractivity contribution in [1.29, 1.82) is 0 Å². The third-order valence-electron chi connectivity index (χ3n) is 4.24. The van der Waals surface area contributed by atoms with Gasteiger partial charge in [0.2, 0.25) is 5.91 Å². The fraction of sp³-hybridized carbons (Fsp3) is 0.556. The molecule has 158 valence electrons. The lowest BCUT2D eigenvalue weighted by Crippen LogP contribution is -2.44. The van der Waals surface area contributed by atoms with Gasteiger partial charge in [0.05, 0.1) is 25.8 Å². The molecule has 1 heterocycles. The van der Waals surface area contributed by atoms with Crippen molar-refractivity contribution in [2.45, 2.75) is 32.5 Å². The van der Waals surface area contributed by atoms with Crippen molar-refractivity contribution in [3.05, 3.63) is 29.3 Å². The van der Waals surface area contributed by atoms with E-state index in [1.165, 1.54) is 19.2 Å². The van der Waals surface area contributed by atoms with Crippen LogP contribution in [0.2, 0.25) is 0 Å². The number of hydrogen-bond donors (Lipinski definition) is 2. The molecular weight excluding hydrogens is 488 g/mol. The van der Waals surface area contributed by atoms with E-state index >= 15 is 0 Å². The standard InChI is InChI=1S/C18H25F3N4O2.HI/c1-3-22-17(24-12-16(26)25-8-4-5-9-25)23-11-13-6-7-14(27-2)10-15(13)18(19,20)21;/h6-7,10H,3-5,8-9,11-12H2,1-2H3,(H2,22,23,24);1H. The number of amides is 1. The lowest BCUT2D eigenvalue weighted by molar-refractivity contribution is -0.138. The molecule has 1 amide bonds. The van der Waals surface area contributed by atoms with Crippen molar-refractivity contribution in [3.63, 3.8) is 0 Å². The van der Waals surface area contributed by atoms with Gasteiger partial charge in [-0.2, -0.15) is 13.2 Å². The molecule has 28 heavy (non-hydrogen) atoms. The highest BCUT2D eigenvalue weighted by atomic mass is 127. The van der Waals surface area contributed by atoms with E-state index in [1.807, 2.05) is 6.92 Å². The van der Waals surface area contributed by atoms with Crippen molar-refractivity contribution in [2.75, 3.05) is 33.3 Å². The van der Waals surface area contributed by atoms with E-state index in [0.717, 1.165) is 32.0 Å². The summed E-state index contributed by atoms with van der Waals surface area (Å²) in [6.07, 6.45) is -2.51. The van der Waals surface area contributed by atoms with Gasteiger partial charge in [-0.15, -0.1) is 24.0 Å². The molecule has 0 saturated carbocycles. The lowest BCUT2D eigenvalue weighted by atomic mass is 10.1. The maximum absolute atomic E-state index is 13.3. The van der Waals surface area contributed by atoms with E-state index in [4.69, 9.17) is 4.74 Å². The summed E-state index contributed by atoms with van der Waals surface area (Å²) in [6, 6.07) is 3.78. The number of carbonyl (C=O) groups is 1. The Balaban J connectivity index is 0.00000392. The van der Waals surface area contributed by atoms with Crippen LogP contribution >= 0.6 is 24.0 Å². The minimum absolute atomic E-state index is 0. The first-order chi connectivity index (χ1) is 12.8. The van der Waals surface area contributed by atoms with Crippen LogP contribution in [0.4, 0.5) is 13.2 Å². The van der Waals surface area contributed by atoms with Crippen LogP contribution in [0, 0.1) is 0 Å². The minimum Gasteiger partial charge on any atom is -0.497 e. The Labute approximate surface area is 179 Å². The lowest BCUT2D eigenvalue weighted by Gasteiger charge is -2.17. The molecule has 0 unspecified atom stereocenters. The fourth-order valence-electron chi connectivity index (χ4n) is 2.83. The molecule has 0 radical (unpaired) electrons. The van der Waals surface area contributed by atoms with Crippen LogP contribution in [0.3, 0.4) is 0 Å². The van der Waals surface area contributed by atoms with Crippen molar-refractivity contribution in [1.82, 2.24) is 15.5 Å². The smallest absolute Gasteiger partial charge is 0.416 e. The van der Waals surface area contributed by atoms with E-state index < -0.39 is 11.7 Å². The van der Waals surface area contributed by atoms with Gasteiger partial charge in [0.25, 0.3) is 0 Å². The first-order valence-corrected chi connectivity index (χ1v) is 8.89. The van der Waals surface area contributed by atoms with Gasteiger partial charge in [0, 0.05) is 19.6 Å². The predicted octanol–water partition coefficient (Wildman–Crippen LogP) is 3.01. The van der Waals surface area contributed by atoms with Crippen LogP contribution in [0.15, 0.2) is 23.2 Å². The number of methoxy groups -OCH3 is 1. The zero-order valence-corrected chi connectivity index (χ0v) is 18.3. The first-order valence-electron chi connectivity index (χ1n) is 8.89. The number of halogens is 4. The molecule has 1 aromatic carbocycles. The van der Waals surface area contributed by atoms with Gasteiger partial charge >= 0.3 is 6.18 Å². The maximum atomic E-state index is 13.3. The highest BCUT2D eigenvalue weighted by molar-refractivity contribution is 14.0. The van der Waals surface area contributed by atoms with Gasteiger partial charge in [0.1, 0.15) is 5.75 Å². The first kappa shape index (κ1) is 24.3. The topological polar surface area (TPSA) is 66.0 Å². The number of nitrogens with one attached hydrogen (secondary N) is 2. The number of benzene rings is 1. The summed E-state index contributed by atoms with van der Waals surface area (Å²) in [5.74, 6) is 0.392. The van der Waals surface area contributed by atoms with Crippen LogP contribution in [0.5, 0.6) is 5.75 Å². The Morgan fingerprint density at radius 3 is 2.50 bits per heavy atom. The number of rotatable bonds is 6. The average molecular weight is 514 g/mol. The van der Waals surface area contributed by atoms with E-state index in [0.29, 0.717) is 12.5 Å². The molecule has 1 aromatic rings. The predicted molar refractivity (Wildman–Crippen MR) is 112 cm³/mol. The van der Waals surface area contributed by atoms with Crippen molar-refractivity contribution >= 4 is 35.8 Å². The summed E-state index contributed by atoms with van der Waals surface area (Å²) in [5.41, 5.74) is -0.749. The summed E-state index contributed by atoms with van der Waals surface area (Å²) in [5, 5.41) is 5.83. The number of aliphatic imine (C=N–C) groups is 1. The largest absolute Gasteiger partial charge is 0.497 e. The third kappa shape index (κ3) is 7.02. The van der Waals surface area contributed by atoms with Crippen LogP contribution < -0.4 is 15.4 Å². The van der Waals surface area contributed by atoms with Crippen molar-refractivity contribution in [2.24, 2.45) is 4.99 Å². The number of carbonyl (C=O) groups excluding carboxylic acids is 1. The molecule has 0 bridgehead atoms. The molecule has 10 heteroatoms. The molecule has 2 N–H and O–H groups in total. The Morgan fingerprint density at radius 2 is 1.93 bits per heavy atom. The molecule has 1 aliphatic heterocycles. The minimum atomic E-state index is -4.50. The molecule has 1 aliphatic rings. The third-order valence-corrected chi connectivity index (χ3v) is 4.24. The van der Waals surface area contributed by atoms with Crippen molar-refractivity contribution in [3.8, 4) is 5.75 Å². The molecule has 0 atom stereocenters. The van der Waals surface area contributed by atoms with Gasteiger partial charge in [-0.3, -0.25) is 4.79 Å². The summed E-state index contributed by atoms with van der Waals surface area (Å²) in [6.45, 7) is 3.74. The van der Waals surface area contributed by atoms with E-state index in [2.05, 4.69) is 15.6 Å². The zero-order chi connectivity index (χ0) is 19.9. The highest BCUT2D eigenvalue weighted by Gasteiger charge is 2.33. The molecule has 0 aromatic heterocycles. The molecule has 0 aliphatic carbocycles. The maximum Gasteiger partial charge on any atom is 0.416 e. The molecule has 1 fully saturated rings. The Kier molecular flexibility index (Phi) is 9.83. The van der Waals surface area contributed by atoms with Crippen LogP contribution in [-0.2, 0) is 17.5 Å². The number of hydrogen-bond acceptors (Lipinski definition) is 3. The number of alkyl halides is 3. The van der Waals surface area contributed by atoms with Crippen LogP contribution in [-0.4, -0.2) is 50.1 Å². The second-order valence-electron chi connectivity index (χ2n) is 6.16. The van der Waals surface area contributed by atoms with E-state index in [-0.39, 0.29) is 54.3 Å². The van der Waals surface area contributed by atoms with E-state index in [1.54, 1.807) is 4.90 Å². The van der Waals surface area contributed by atoms with Crippen molar-refractivity contribution < 1.29 is 22.7 Å². The zero-order valence-electron chi connectivity index (χ0n) is 15.9. The summed E-state index contributed by atoms with van der Waals surface area (Å²) >= 11 is 0. The molecule has 1 saturated heterocycles. The van der Waals surface area contributed by atoms with Gasteiger partial charge in [-0.1, -0.05) is 6.07 Å². The van der Waals surface area contributed by atoms with Crippen LogP contribution in [0.25, 0.3) is 0 Å². The van der Waals surface area contributed by atoms with Gasteiger partial charge in [-0.25, -0.2) is 4.99 Å². The average Bonchev–Trinajstić information content (AvgIpc) is 3.17. The summed E-state index contributed by atoms with van der Waals surface area (Å²) in [4.78, 5) is 18.1. The number of ether oxygens (including phenoxy) is 1. The van der Waals surface area contributed by atoms with Gasteiger partial charge < -0.3 is 20.3 Å². The van der Waals surface area contributed by atoms with Gasteiger partial charge in [0.15, 0.2) is 5.96 Å². The Morgan fingerprint density at radius 1 is 1.25 bits per heavy atom. The normalized spacial score (nSPS) is 14.5. The molecule has 2 rings (SSSR count). The second kappa shape index (κ2) is 11.3. The molecule has 0 spiro atoms. The summed E-state index contributed by atoms with van der Waals surface area (Å²) in [7, 11) is 1.32. The number of likely N-dealkylation sites (tertiary alicyclic amines) is 1. The van der Waals surface area contributed by atoms with E-state index in [9.17, 15) is 18.0 Å². The Bertz CT molecular complexity index is 677. The fourth-order valence-corrected chi connectivity index (χ4v) is 2.83. The second-order valence-corrected chi connectivity index (χ2v) is 6.16. The highest BCUT2D eigenvalue weighted by Crippen LogP contribution is 2.34. The van der Waals surface area contributed by atoms with Crippen LogP contribution in [0.1, 0.15) is 30.9 Å². The monoisotopic (exact) mass is 514 g/mol. The summed E-state index contributed by atoms with van der Waals surface area (Å²) < 4.78 is 44.7. The SMILES string of the molecule is CCNC(=NCc1ccc(OC)cc1C(F)(F)F)NCC(=O)N1CCCC1.I. The molecular formula is C18H26F3IN4O2. The Hall–Kier alpha value is -1.72. The number of guanidine groups is 1. The number of nitrogens with zero attached hydrogens (tertiary/aromatic N) is 2. The molecule has 6 nitrogen and oxygen atoms in total. The quantitative estimate of drug-likeness (QED) is 0.348. The van der Waals surface area contributed by atoms with Gasteiger partial charge in [-0.05, 0) is 37.5 Å².